The lowest BCUT2D eigenvalue weighted by atomic mass is 10.1. The third-order valence-corrected chi connectivity index (χ3v) is 3.71. The van der Waals surface area contributed by atoms with Crippen LogP contribution in [-0.2, 0) is 6.54 Å². The lowest BCUT2D eigenvalue weighted by Crippen LogP contribution is -2.44. The fourth-order valence-electron chi connectivity index (χ4n) is 2.54. The normalized spacial score (nSPS) is 17.2. The summed E-state index contributed by atoms with van der Waals surface area (Å²) < 4.78 is 1.90. The van der Waals surface area contributed by atoms with Gasteiger partial charge in [0.15, 0.2) is 5.82 Å². The highest BCUT2D eigenvalue weighted by atomic mass is 16.3. The van der Waals surface area contributed by atoms with Crippen molar-refractivity contribution in [3.05, 3.63) is 24.3 Å². The van der Waals surface area contributed by atoms with Crippen LogP contribution >= 0.6 is 0 Å². The van der Waals surface area contributed by atoms with Gasteiger partial charge in [-0.1, -0.05) is 19.9 Å². The zero-order chi connectivity index (χ0) is 16.1. The molecule has 2 heterocycles. The molecular formula is C15H25N5O2. The van der Waals surface area contributed by atoms with Crippen LogP contribution in [0.15, 0.2) is 12.7 Å². The van der Waals surface area contributed by atoms with Crippen molar-refractivity contribution in [2.75, 3.05) is 19.7 Å². The minimum absolute atomic E-state index is 0.0698. The number of fused-ring (bicyclic) bond motifs is 1. The monoisotopic (exact) mass is 307 g/mol. The minimum atomic E-state index is -0.207. The van der Waals surface area contributed by atoms with Gasteiger partial charge in [0.2, 0.25) is 0 Å². The van der Waals surface area contributed by atoms with Gasteiger partial charge in [0, 0.05) is 25.6 Å². The number of hydrogen-bond acceptors (Lipinski definition) is 4. The molecule has 0 fully saturated rings. The Morgan fingerprint density at radius 3 is 3.05 bits per heavy atom. The lowest BCUT2D eigenvalue weighted by molar-refractivity contribution is 0.177. The number of urea groups is 1. The van der Waals surface area contributed by atoms with Crippen LogP contribution in [-0.4, -0.2) is 50.5 Å². The van der Waals surface area contributed by atoms with Crippen LogP contribution in [0.2, 0.25) is 0 Å². The topological polar surface area (TPSA) is 83.3 Å². The number of carbonyl (C=O) groups excluding carboxylic acids is 1. The van der Waals surface area contributed by atoms with E-state index < -0.39 is 0 Å². The van der Waals surface area contributed by atoms with E-state index in [9.17, 15) is 4.79 Å². The van der Waals surface area contributed by atoms with Gasteiger partial charge in [-0.25, -0.2) is 14.5 Å². The van der Waals surface area contributed by atoms with Crippen molar-refractivity contribution < 1.29 is 9.90 Å². The Balaban J connectivity index is 2.11. The SMILES string of the molecule is C=CCN(CCO)C(=O)NC1CCCn2nc(C(C)C)nc21. The van der Waals surface area contributed by atoms with Gasteiger partial charge in [-0.3, -0.25) is 0 Å². The molecule has 1 atom stereocenters. The van der Waals surface area contributed by atoms with Crippen molar-refractivity contribution in [1.82, 2.24) is 25.0 Å². The molecule has 0 aromatic carbocycles. The molecule has 1 aromatic heterocycles. The van der Waals surface area contributed by atoms with Crippen molar-refractivity contribution in [2.24, 2.45) is 0 Å². The summed E-state index contributed by atoms with van der Waals surface area (Å²) in [4.78, 5) is 18.5. The second-order valence-electron chi connectivity index (χ2n) is 5.81. The van der Waals surface area contributed by atoms with Gasteiger partial charge < -0.3 is 15.3 Å². The number of nitrogens with one attached hydrogen (secondary N) is 1. The third-order valence-electron chi connectivity index (χ3n) is 3.71. The number of aliphatic hydroxyl groups excluding tert-OH is 1. The molecule has 7 nitrogen and oxygen atoms in total. The first-order valence-electron chi connectivity index (χ1n) is 7.78. The van der Waals surface area contributed by atoms with Gasteiger partial charge in [-0.2, -0.15) is 5.10 Å². The van der Waals surface area contributed by atoms with Crippen LogP contribution in [0.1, 0.15) is 50.3 Å². The summed E-state index contributed by atoms with van der Waals surface area (Å²) >= 11 is 0. The van der Waals surface area contributed by atoms with Gasteiger partial charge in [0.05, 0.1) is 12.6 Å². The highest BCUT2D eigenvalue weighted by Crippen LogP contribution is 2.25. The number of aliphatic hydroxyl groups is 1. The minimum Gasteiger partial charge on any atom is -0.395 e. The standard InChI is InChI=1S/C15H25N5O2/c1-4-7-19(9-10-21)15(22)16-12-6-5-8-20-14(12)17-13(18-20)11(2)3/h4,11-12,21H,1,5-10H2,2-3H3,(H,16,22). The van der Waals surface area contributed by atoms with Crippen molar-refractivity contribution >= 4 is 6.03 Å². The molecule has 1 aliphatic rings. The van der Waals surface area contributed by atoms with Crippen LogP contribution in [0.5, 0.6) is 0 Å². The van der Waals surface area contributed by atoms with E-state index in [1.807, 2.05) is 4.68 Å². The Hall–Kier alpha value is -1.89. The van der Waals surface area contributed by atoms with Crippen LogP contribution in [0.3, 0.4) is 0 Å². The highest BCUT2D eigenvalue weighted by Gasteiger charge is 2.27. The maximum Gasteiger partial charge on any atom is 0.318 e. The first kappa shape index (κ1) is 16.5. The molecule has 0 saturated carbocycles. The molecule has 0 spiro atoms. The Bertz CT molecular complexity index is 526. The largest absolute Gasteiger partial charge is 0.395 e. The summed E-state index contributed by atoms with van der Waals surface area (Å²) in [7, 11) is 0. The average molecular weight is 307 g/mol. The summed E-state index contributed by atoms with van der Waals surface area (Å²) in [5.41, 5.74) is 0. The quantitative estimate of drug-likeness (QED) is 0.779. The summed E-state index contributed by atoms with van der Waals surface area (Å²) in [6.07, 6.45) is 3.46. The number of nitrogens with zero attached hydrogens (tertiary/aromatic N) is 4. The predicted octanol–water partition coefficient (Wildman–Crippen LogP) is 1.43. The van der Waals surface area contributed by atoms with Crippen LogP contribution in [0.4, 0.5) is 4.79 Å². The maximum absolute atomic E-state index is 12.3. The first-order valence-corrected chi connectivity index (χ1v) is 7.78. The molecule has 2 N–H and O–H groups in total. The zero-order valence-corrected chi connectivity index (χ0v) is 13.3. The maximum atomic E-state index is 12.3. The molecule has 122 valence electrons. The van der Waals surface area contributed by atoms with E-state index in [0.29, 0.717) is 6.54 Å². The van der Waals surface area contributed by atoms with Gasteiger partial charge in [-0.05, 0) is 12.8 Å². The van der Waals surface area contributed by atoms with Crippen LogP contribution < -0.4 is 5.32 Å². The van der Waals surface area contributed by atoms with E-state index in [1.54, 1.807) is 6.08 Å². The second-order valence-corrected chi connectivity index (χ2v) is 5.81. The van der Waals surface area contributed by atoms with Gasteiger partial charge in [0.1, 0.15) is 5.82 Å². The van der Waals surface area contributed by atoms with E-state index in [1.165, 1.54) is 4.90 Å². The number of rotatable bonds is 6. The van der Waals surface area contributed by atoms with Crippen molar-refractivity contribution in [2.45, 2.75) is 45.2 Å². The molecule has 2 rings (SSSR count). The van der Waals surface area contributed by atoms with Crippen molar-refractivity contribution in [1.29, 1.82) is 0 Å². The average Bonchev–Trinajstić information content (AvgIpc) is 2.92. The van der Waals surface area contributed by atoms with Crippen LogP contribution in [0.25, 0.3) is 0 Å². The third kappa shape index (κ3) is 3.65. The fraction of sp³-hybridized carbons (Fsp3) is 0.667. The highest BCUT2D eigenvalue weighted by molar-refractivity contribution is 5.74. The van der Waals surface area contributed by atoms with E-state index in [0.717, 1.165) is 31.0 Å². The molecule has 0 aliphatic carbocycles. The molecule has 2 amide bonds. The molecule has 0 saturated heterocycles. The molecular weight excluding hydrogens is 282 g/mol. The number of amides is 2. The summed E-state index contributed by atoms with van der Waals surface area (Å²) in [5, 5.41) is 16.6. The van der Waals surface area contributed by atoms with Crippen molar-refractivity contribution in [3.63, 3.8) is 0 Å². The molecule has 1 aromatic rings. The molecule has 0 bridgehead atoms. The van der Waals surface area contributed by atoms with E-state index in [-0.39, 0.29) is 31.1 Å². The molecule has 22 heavy (non-hydrogen) atoms. The molecule has 7 heteroatoms. The molecule has 1 aliphatic heterocycles. The van der Waals surface area contributed by atoms with Crippen LogP contribution in [0, 0.1) is 0 Å². The van der Waals surface area contributed by atoms with Gasteiger partial charge >= 0.3 is 6.03 Å². The summed E-state index contributed by atoms with van der Waals surface area (Å²) in [6, 6.07) is -0.339. The summed E-state index contributed by atoms with van der Waals surface area (Å²) in [6.45, 7) is 9.22. The second kappa shape index (κ2) is 7.40. The van der Waals surface area contributed by atoms with Crippen molar-refractivity contribution in [3.8, 4) is 0 Å². The molecule has 0 radical (unpaired) electrons. The predicted molar refractivity (Wildman–Crippen MR) is 83.5 cm³/mol. The van der Waals surface area contributed by atoms with Gasteiger partial charge in [-0.15, -0.1) is 6.58 Å². The molecule has 1 unspecified atom stereocenters. The Morgan fingerprint density at radius 1 is 1.64 bits per heavy atom. The van der Waals surface area contributed by atoms with E-state index in [4.69, 9.17) is 5.11 Å². The lowest BCUT2D eigenvalue weighted by Gasteiger charge is -2.27. The van der Waals surface area contributed by atoms with E-state index in [2.05, 4.69) is 35.8 Å². The van der Waals surface area contributed by atoms with Gasteiger partial charge in [0.25, 0.3) is 0 Å². The summed E-state index contributed by atoms with van der Waals surface area (Å²) in [5.74, 6) is 1.90. The Morgan fingerprint density at radius 2 is 2.41 bits per heavy atom. The Labute approximate surface area is 131 Å². The fourth-order valence-corrected chi connectivity index (χ4v) is 2.54. The number of aryl methyl sites for hydroxylation is 1. The number of carbonyl (C=O) groups is 1. The zero-order valence-electron chi connectivity index (χ0n) is 13.3. The Kier molecular flexibility index (Phi) is 5.54. The van der Waals surface area contributed by atoms with E-state index >= 15 is 0 Å². The number of hydrogen-bond donors (Lipinski definition) is 2. The number of aromatic nitrogens is 3. The first-order chi connectivity index (χ1) is 10.6. The smallest absolute Gasteiger partial charge is 0.318 e.